The average molecular weight is 557 g/mol. The molecule has 2 atom stereocenters. The fraction of sp³-hybridized carbons (Fsp3) is 0.250. The van der Waals surface area contributed by atoms with Gasteiger partial charge in [0.05, 0.1) is 5.56 Å². The van der Waals surface area contributed by atoms with Crippen LogP contribution in [0.15, 0.2) is 79.0 Å². The van der Waals surface area contributed by atoms with Crippen LogP contribution in [0, 0.1) is 11.6 Å². The maximum absolute atomic E-state index is 13.7. The van der Waals surface area contributed by atoms with E-state index in [4.69, 9.17) is 9.47 Å². The van der Waals surface area contributed by atoms with Crippen molar-refractivity contribution >= 4 is 11.6 Å². The van der Waals surface area contributed by atoms with Crippen molar-refractivity contribution in [2.45, 2.75) is 25.0 Å². The summed E-state index contributed by atoms with van der Waals surface area (Å²) >= 11 is 0. The Balaban J connectivity index is 1.29. The van der Waals surface area contributed by atoms with E-state index >= 15 is 0 Å². The quantitative estimate of drug-likeness (QED) is 0.269. The Morgan fingerprint density at radius 2 is 1.39 bits per heavy atom. The number of rotatable bonds is 8. The van der Waals surface area contributed by atoms with Crippen molar-refractivity contribution in [2.75, 3.05) is 31.5 Å². The van der Waals surface area contributed by atoms with Crippen molar-refractivity contribution < 1.29 is 23.0 Å². The van der Waals surface area contributed by atoms with Gasteiger partial charge in [0, 0.05) is 36.1 Å². The summed E-state index contributed by atoms with van der Waals surface area (Å²) in [5.74, 6) is -0.00288. The fourth-order valence-corrected chi connectivity index (χ4v) is 5.07. The summed E-state index contributed by atoms with van der Waals surface area (Å²) in [4.78, 5) is 17.9. The Kier molecular flexibility index (Phi) is 7.89. The third kappa shape index (κ3) is 6.37. The van der Waals surface area contributed by atoms with E-state index in [0.29, 0.717) is 40.6 Å². The van der Waals surface area contributed by atoms with E-state index in [1.54, 1.807) is 36.4 Å². The molecule has 9 heteroatoms. The monoisotopic (exact) mass is 556 g/mol. The van der Waals surface area contributed by atoms with Gasteiger partial charge in [-0.25, -0.2) is 13.8 Å². The van der Waals surface area contributed by atoms with Crippen LogP contribution in [-0.2, 0) is 0 Å². The third-order valence-corrected chi connectivity index (χ3v) is 7.26. The molecular weight excluding hydrogens is 526 g/mol. The minimum atomic E-state index is -0.367. The number of amides is 1. The van der Waals surface area contributed by atoms with Gasteiger partial charge in [0.1, 0.15) is 29.6 Å². The number of hydrogen-bond donors (Lipinski definition) is 3. The standard InChI is InChI=1S/C32H30F2N4O3/c33-23-5-1-20(2-6-23)28-16-25(9-10-30(28)40-26-11-13-35-18-26)38-31(39)22-15-29(21-3-7-24(34)8-4-21)32(37-17-22)41-27-12-14-36-19-27/h1-10,15-17,26-27,35-36H,11-14,18-19H2,(H,38,39)/t26-,27-/m0/s1. The number of nitrogens with one attached hydrogen (secondary N) is 3. The molecule has 210 valence electrons. The van der Waals surface area contributed by atoms with Crippen molar-refractivity contribution in [3.63, 3.8) is 0 Å². The van der Waals surface area contributed by atoms with Crippen LogP contribution >= 0.6 is 0 Å². The van der Waals surface area contributed by atoms with Crippen LogP contribution in [0.25, 0.3) is 22.3 Å². The zero-order valence-electron chi connectivity index (χ0n) is 22.3. The van der Waals surface area contributed by atoms with Gasteiger partial charge in [-0.05, 0) is 85.6 Å². The second-order valence-corrected chi connectivity index (χ2v) is 10.2. The number of nitrogens with zero attached hydrogens (tertiary/aromatic N) is 1. The van der Waals surface area contributed by atoms with Crippen LogP contribution in [-0.4, -0.2) is 49.3 Å². The summed E-state index contributed by atoms with van der Waals surface area (Å²) in [6.45, 7) is 3.21. The number of aromatic nitrogens is 1. The van der Waals surface area contributed by atoms with Gasteiger partial charge in [-0.15, -0.1) is 0 Å². The highest BCUT2D eigenvalue weighted by atomic mass is 19.1. The summed E-state index contributed by atoms with van der Waals surface area (Å²) in [5.41, 5.74) is 3.68. The molecule has 0 radical (unpaired) electrons. The second kappa shape index (κ2) is 12.0. The minimum absolute atomic E-state index is 0.0337. The third-order valence-electron chi connectivity index (χ3n) is 7.26. The van der Waals surface area contributed by atoms with Gasteiger partial charge in [0.2, 0.25) is 5.88 Å². The lowest BCUT2D eigenvalue weighted by molar-refractivity contribution is 0.102. The topological polar surface area (TPSA) is 84.5 Å². The van der Waals surface area contributed by atoms with Gasteiger partial charge in [0.25, 0.3) is 5.91 Å². The van der Waals surface area contributed by atoms with Crippen LogP contribution in [0.4, 0.5) is 14.5 Å². The van der Waals surface area contributed by atoms with E-state index in [2.05, 4.69) is 20.9 Å². The van der Waals surface area contributed by atoms with E-state index in [1.165, 1.54) is 30.5 Å². The highest BCUT2D eigenvalue weighted by Crippen LogP contribution is 2.35. The van der Waals surface area contributed by atoms with Gasteiger partial charge in [-0.1, -0.05) is 24.3 Å². The predicted octanol–water partition coefficient (Wildman–Crippen LogP) is 5.43. The van der Waals surface area contributed by atoms with Crippen molar-refractivity contribution in [1.82, 2.24) is 15.6 Å². The molecule has 6 rings (SSSR count). The first-order chi connectivity index (χ1) is 20.0. The fourth-order valence-electron chi connectivity index (χ4n) is 5.07. The van der Waals surface area contributed by atoms with Gasteiger partial charge < -0.3 is 25.4 Å². The molecule has 2 aliphatic heterocycles. The lowest BCUT2D eigenvalue weighted by atomic mass is 10.0. The zero-order valence-corrected chi connectivity index (χ0v) is 22.3. The molecule has 3 heterocycles. The molecule has 0 spiro atoms. The number of carbonyl (C=O) groups is 1. The number of benzene rings is 3. The number of carbonyl (C=O) groups excluding carboxylic acids is 1. The van der Waals surface area contributed by atoms with Gasteiger partial charge in [0.15, 0.2) is 0 Å². The minimum Gasteiger partial charge on any atom is -0.488 e. The van der Waals surface area contributed by atoms with E-state index in [0.717, 1.165) is 43.6 Å². The van der Waals surface area contributed by atoms with Gasteiger partial charge in [-0.2, -0.15) is 0 Å². The Labute approximate surface area is 236 Å². The van der Waals surface area contributed by atoms with Crippen molar-refractivity contribution in [1.29, 1.82) is 0 Å². The molecule has 0 aliphatic carbocycles. The predicted molar refractivity (Wildman–Crippen MR) is 153 cm³/mol. The van der Waals surface area contributed by atoms with Crippen LogP contribution in [0.1, 0.15) is 23.2 Å². The molecule has 2 aliphatic rings. The molecule has 4 aromatic rings. The molecule has 0 unspecified atom stereocenters. The van der Waals surface area contributed by atoms with Crippen molar-refractivity contribution in [3.8, 4) is 33.9 Å². The van der Waals surface area contributed by atoms with E-state index in [-0.39, 0.29) is 29.7 Å². The van der Waals surface area contributed by atoms with Gasteiger partial charge >= 0.3 is 0 Å². The number of hydrogen-bond acceptors (Lipinski definition) is 6. The molecule has 0 bridgehead atoms. The molecule has 7 nitrogen and oxygen atoms in total. The highest BCUT2D eigenvalue weighted by molar-refractivity contribution is 6.05. The smallest absolute Gasteiger partial charge is 0.257 e. The summed E-state index contributed by atoms with van der Waals surface area (Å²) in [6.07, 6.45) is 3.21. The average Bonchev–Trinajstić information content (AvgIpc) is 3.70. The first kappa shape index (κ1) is 26.9. The number of halogens is 2. The first-order valence-corrected chi connectivity index (χ1v) is 13.7. The van der Waals surface area contributed by atoms with Crippen LogP contribution < -0.4 is 25.4 Å². The molecule has 2 fully saturated rings. The molecule has 3 aromatic carbocycles. The summed E-state index contributed by atoms with van der Waals surface area (Å²) in [5, 5.41) is 9.50. The molecular formula is C32H30F2N4O3. The molecule has 0 saturated carbocycles. The summed E-state index contributed by atoms with van der Waals surface area (Å²) in [6, 6.07) is 19.3. The van der Waals surface area contributed by atoms with E-state index < -0.39 is 0 Å². The van der Waals surface area contributed by atoms with E-state index in [9.17, 15) is 13.6 Å². The number of ether oxygens (including phenoxy) is 2. The molecule has 2 saturated heterocycles. The second-order valence-electron chi connectivity index (χ2n) is 10.2. The van der Waals surface area contributed by atoms with Gasteiger partial charge in [-0.3, -0.25) is 4.79 Å². The lowest BCUT2D eigenvalue weighted by Crippen LogP contribution is -2.21. The summed E-state index contributed by atoms with van der Waals surface area (Å²) in [7, 11) is 0. The SMILES string of the molecule is O=C(Nc1ccc(O[C@H]2CCNC2)c(-c2ccc(F)cc2)c1)c1cnc(O[C@H]2CCNC2)c(-c2ccc(F)cc2)c1. The Morgan fingerprint density at radius 3 is 2.00 bits per heavy atom. The van der Waals surface area contributed by atoms with Crippen molar-refractivity contribution in [2.24, 2.45) is 0 Å². The first-order valence-electron chi connectivity index (χ1n) is 13.7. The number of pyridine rings is 1. The Bertz CT molecular complexity index is 1520. The maximum Gasteiger partial charge on any atom is 0.257 e. The Hall–Kier alpha value is -4.34. The van der Waals surface area contributed by atoms with Crippen LogP contribution in [0.2, 0.25) is 0 Å². The molecule has 41 heavy (non-hydrogen) atoms. The largest absolute Gasteiger partial charge is 0.488 e. The van der Waals surface area contributed by atoms with Crippen LogP contribution in [0.3, 0.4) is 0 Å². The maximum atomic E-state index is 13.7. The van der Waals surface area contributed by atoms with Crippen LogP contribution in [0.5, 0.6) is 11.6 Å². The molecule has 3 N–H and O–H groups in total. The normalized spacial score (nSPS) is 18.3. The lowest BCUT2D eigenvalue weighted by Gasteiger charge is -2.18. The van der Waals surface area contributed by atoms with Crippen molar-refractivity contribution in [3.05, 3.63) is 96.2 Å². The Morgan fingerprint density at radius 1 is 0.780 bits per heavy atom. The highest BCUT2D eigenvalue weighted by Gasteiger charge is 2.22. The summed E-state index contributed by atoms with van der Waals surface area (Å²) < 4.78 is 39.7. The van der Waals surface area contributed by atoms with E-state index in [1.807, 2.05) is 12.1 Å². The zero-order chi connectivity index (χ0) is 28.2. The molecule has 1 aromatic heterocycles. The number of anilines is 1. The molecule has 1 amide bonds.